The molecule has 0 spiro atoms. The highest BCUT2D eigenvalue weighted by Gasteiger charge is 2.10. The molecule has 2 nitrogen and oxygen atoms in total. The van der Waals surface area contributed by atoms with Gasteiger partial charge in [-0.25, -0.2) is 0 Å². The van der Waals surface area contributed by atoms with Crippen LogP contribution in [0.15, 0.2) is 33.7 Å². The minimum absolute atomic E-state index is 0.333. The number of benzene rings is 1. The fourth-order valence-corrected chi connectivity index (χ4v) is 2.18. The number of nitrogens with one attached hydrogen (secondary N) is 1. The van der Waals surface area contributed by atoms with Gasteiger partial charge < -0.3 is 5.32 Å². The molecule has 0 bridgehead atoms. The normalized spacial score (nSPS) is 17.3. The minimum atomic E-state index is 0.333. The Morgan fingerprint density at radius 2 is 2.33 bits per heavy atom. The van der Waals surface area contributed by atoms with Crippen molar-refractivity contribution in [3.05, 3.63) is 34.3 Å². The van der Waals surface area contributed by atoms with Gasteiger partial charge in [-0.05, 0) is 31.0 Å². The average molecular weight is 267 g/mol. The maximum Gasteiger partial charge on any atom is 0.0968 e. The molecule has 1 aliphatic rings. The van der Waals surface area contributed by atoms with E-state index in [2.05, 4.69) is 51.4 Å². The summed E-state index contributed by atoms with van der Waals surface area (Å²) in [5.74, 6) is 1.16. The lowest BCUT2D eigenvalue weighted by Gasteiger charge is -2.15. The molecule has 0 aromatic heterocycles. The van der Waals surface area contributed by atoms with E-state index >= 15 is 0 Å². The summed E-state index contributed by atoms with van der Waals surface area (Å²) in [4.78, 5) is 4.42. The molecule has 1 aromatic carbocycles. The Kier molecular flexibility index (Phi) is 3.41. The summed E-state index contributed by atoms with van der Waals surface area (Å²) < 4.78 is 1.13. The number of rotatable bonds is 2. The van der Waals surface area contributed by atoms with Crippen molar-refractivity contribution in [3.8, 4) is 0 Å². The van der Waals surface area contributed by atoms with Gasteiger partial charge in [-0.15, -0.1) is 0 Å². The smallest absolute Gasteiger partial charge is 0.0968 e. The van der Waals surface area contributed by atoms with Crippen LogP contribution in [0.3, 0.4) is 0 Å². The van der Waals surface area contributed by atoms with Crippen LogP contribution < -0.4 is 5.32 Å². The molecule has 0 radical (unpaired) electrons. The molecule has 1 N–H and O–H groups in total. The Balaban J connectivity index is 2.04. The van der Waals surface area contributed by atoms with Gasteiger partial charge in [-0.1, -0.05) is 28.1 Å². The number of amidine groups is 1. The lowest BCUT2D eigenvalue weighted by atomic mass is 10.1. The van der Waals surface area contributed by atoms with E-state index in [4.69, 9.17) is 0 Å². The first-order chi connectivity index (χ1) is 7.25. The molecule has 80 valence electrons. The predicted octanol–water partition coefficient (Wildman–Crippen LogP) is 3.29. The molecule has 2 rings (SSSR count). The van der Waals surface area contributed by atoms with E-state index in [-0.39, 0.29) is 0 Å². The standard InChI is InChI=1S/C12H15BrN2/c1-9(15-12-6-3-7-14-12)10-4-2-5-11(13)8-10/h2,4-5,8-9H,3,6-7H2,1H3,(H,14,15). The van der Waals surface area contributed by atoms with Crippen molar-refractivity contribution >= 4 is 21.8 Å². The Morgan fingerprint density at radius 1 is 1.47 bits per heavy atom. The average Bonchev–Trinajstić information content (AvgIpc) is 2.70. The van der Waals surface area contributed by atoms with Crippen LogP contribution in [0.2, 0.25) is 0 Å². The third kappa shape index (κ3) is 2.81. The van der Waals surface area contributed by atoms with Crippen LogP contribution in [-0.2, 0) is 0 Å². The Bertz CT molecular complexity index is 374. The molecule has 1 atom stereocenters. The van der Waals surface area contributed by atoms with Crippen LogP contribution in [0, 0.1) is 0 Å². The van der Waals surface area contributed by atoms with Gasteiger partial charge >= 0.3 is 0 Å². The van der Waals surface area contributed by atoms with Gasteiger partial charge in [-0.3, -0.25) is 4.99 Å². The van der Waals surface area contributed by atoms with Gasteiger partial charge in [0.2, 0.25) is 0 Å². The van der Waals surface area contributed by atoms with Gasteiger partial charge in [0.1, 0.15) is 0 Å². The molecule has 1 aromatic rings. The van der Waals surface area contributed by atoms with E-state index in [0.29, 0.717) is 6.04 Å². The van der Waals surface area contributed by atoms with Crippen molar-refractivity contribution in [1.29, 1.82) is 0 Å². The molecule has 0 amide bonds. The highest BCUT2D eigenvalue weighted by atomic mass is 79.9. The fourth-order valence-electron chi connectivity index (χ4n) is 1.77. The maximum absolute atomic E-state index is 4.42. The molecule has 1 unspecified atom stereocenters. The highest BCUT2D eigenvalue weighted by molar-refractivity contribution is 9.10. The Hall–Kier alpha value is -0.830. The summed E-state index contributed by atoms with van der Waals surface area (Å²) >= 11 is 3.49. The first kappa shape index (κ1) is 10.7. The molecule has 15 heavy (non-hydrogen) atoms. The summed E-state index contributed by atoms with van der Waals surface area (Å²) in [6.45, 7) is 3.15. The van der Waals surface area contributed by atoms with Gasteiger partial charge in [-0.2, -0.15) is 0 Å². The zero-order chi connectivity index (χ0) is 10.7. The van der Waals surface area contributed by atoms with Gasteiger partial charge in [0.15, 0.2) is 0 Å². The molecule has 0 saturated heterocycles. The molecular weight excluding hydrogens is 252 g/mol. The van der Waals surface area contributed by atoms with Crippen molar-refractivity contribution in [3.63, 3.8) is 0 Å². The maximum atomic E-state index is 4.42. The SMILES string of the molecule is CC(NC1=NCCC1)c1cccc(Br)c1. The van der Waals surface area contributed by atoms with E-state index in [1.54, 1.807) is 0 Å². The van der Waals surface area contributed by atoms with Gasteiger partial charge in [0, 0.05) is 23.5 Å². The third-order valence-corrected chi connectivity index (χ3v) is 3.10. The quantitative estimate of drug-likeness (QED) is 0.873. The van der Waals surface area contributed by atoms with Crippen LogP contribution in [0.1, 0.15) is 31.4 Å². The van der Waals surface area contributed by atoms with E-state index in [1.165, 1.54) is 12.0 Å². The second-order valence-corrected chi connectivity index (χ2v) is 4.77. The van der Waals surface area contributed by atoms with Crippen molar-refractivity contribution in [2.45, 2.75) is 25.8 Å². The number of halogens is 1. The molecular formula is C12H15BrN2. The second kappa shape index (κ2) is 4.79. The lowest BCUT2D eigenvalue weighted by Crippen LogP contribution is -2.24. The Labute approximate surface area is 98.9 Å². The molecule has 0 fully saturated rings. The molecule has 3 heteroatoms. The molecule has 1 heterocycles. The third-order valence-electron chi connectivity index (χ3n) is 2.61. The Morgan fingerprint density at radius 3 is 3.00 bits per heavy atom. The van der Waals surface area contributed by atoms with Crippen molar-refractivity contribution in [2.24, 2.45) is 4.99 Å². The monoisotopic (exact) mass is 266 g/mol. The zero-order valence-corrected chi connectivity index (χ0v) is 10.4. The summed E-state index contributed by atoms with van der Waals surface area (Å²) in [6, 6.07) is 8.72. The summed E-state index contributed by atoms with van der Waals surface area (Å²) in [6.07, 6.45) is 2.28. The number of aliphatic imine (C=N–C) groups is 1. The van der Waals surface area contributed by atoms with E-state index < -0.39 is 0 Å². The van der Waals surface area contributed by atoms with Crippen LogP contribution in [0.25, 0.3) is 0 Å². The first-order valence-corrected chi connectivity index (χ1v) is 6.10. The van der Waals surface area contributed by atoms with E-state index in [9.17, 15) is 0 Å². The fraction of sp³-hybridized carbons (Fsp3) is 0.417. The van der Waals surface area contributed by atoms with E-state index in [0.717, 1.165) is 23.3 Å². The lowest BCUT2D eigenvalue weighted by molar-refractivity contribution is 0.709. The molecule has 0 aliphatic carbocycles. The zero-order valence-electron chi connectivity index (χ0n) is 8.83. The van der Waals surface area contributed by atoms with Gasteiger partial charge in [0.25, 0.3) is 0 Å². The summed E-state index contributed by atoms with van der Waals surface area (Å²) in [7, 11) is 0. The number of hydrogen-bond donors (Lipinski definition) is 1. The second-order valence-electron chi connectivity index (χ2n) is 3.85. The number of nitrogens with zero attached hydrogens (tertiary/aromatic N) is 1. The van der Waals surface area contributed by atoms with Crippen LogP contribution in [0.5, 0.6) is 0 Å². The van der Waals surface area contributed by atoms with Gasteiger partial charge in [0.05, 0.1) is 5.84 Å². The van der Waals surface area contributed by atoms with Crippen molar-refractivity contribution in [1.82, 2.24) is 5.32 Å². The largest absolute Gasteiger partial charge is 0.367 e. The first-order valence-electron chi connectivity index (χ1n) is 5.31. The van der Waals surface area contributed by atoms with Crippen molar-refractivity contribution in [2.75, 3.05) is 6.54 Å². The topological polar surface area (TPSA) is 24.4 Å². The molecule has 0 saturated carbocycles. The van der Waals surface area contributed by atoms with Crippen LogP contribution >= 0.6 is 15.9 Å². The summed E-state index contributed by atoms with van der Waals surface area (Å²) in [5, 5.41) is 3.45. The highest BCUT2D eigenvalue weighted by Crippen LogP contribution is 2.18. The van der Waals surface area contributed by atoms with Crippen LogP contribution in [0.4, 0.5) is 0 Å². The van der Waals surface area contributed by atoms with E-state index in [1.807, 2.05) is 6.07 Å². The minimum Gasteiger partial charge on any atom is -0.367 e. The summed E-state index contributed by atoms with van der Waals surface area (Å²) in [5.41, 5.74) is 1.29. The predicted molar refractivity (Wildman–Crippen MR) is 67.2 cm³/mol. The number of hydrogen-bond acceptors (Lipinski definition) is 2. The van der Waals surface area contributed by atoms with Crippen molar-refractivity contribution < 1.29 is 0 Å². The molecule has 1 aliphatic heterocycles. The van der Waals surface area contributed by atoms with Crippen LogP contribution in [-0.4, -0.2) is 12.4 Å².